The van der Waals surface area contributed by atoms with E-state index in [-0.39, 0.29) is 11.5 Å². The maximum Gasteiger partial charge on any atom is 0.647 e. The third-order valence-corrected chi connectivity index (χ3v) is 5.01. The van der Waals surface area contributed by atoms with E-state index < -0.39 is 7.82 Å². The molecule has 0 atom stereocenters. The molecule has 0 saturated carbocycles. The van der Waals surface area contributed by atoms with Gasteiger partial charge in [0.15, 0.2) is 0 Å². The predicted octanol–water partition coefficient (Wildman–Crippen LogP) is 6.43. The summed E-state index contributed by atoms with van der Waals surface area (Å²) < 4.78 is 29.6. The largest absolute Gasteiger partial charge is 0.647 e. The number of aromatic hydroxyl groups is 2. The molecule has 31 heavy (non-hydrogen) atoms. The van der Waals surface area contributed by atoms with Crippen molar-refractivity contribution in [2.24, 2.45) is 0 Å². The molecule has 0 saturated heterocycles. The lowest BCUT2D eigenvalue weighted by atomic mass is 10.3. The normalized spacial score (nSPS) is 10.3. The van der Waals surface area contributed by atoms with E-state index in [9.17, 15) is 4.57 Å². The first kappa shape index (κ1) is 21.8. The predicted molar refractivity (Wildman–Crippen MR) is 119 cm³/mol. The van der Waals surface area contributed by atoms with Crippen molar-refractivity contribution in [3.8, 4) is 28.7 Å². The smallest absolute Gasteiger partial charge is 0.508 e. The Morgan fingerprint density at radius 3 is 1.06 bits per heavy atom. The van der Waals surface area contributed by atoms with E-state index in [1.54, 1.807) is 78.9 Å². The Labute approximate surface area is 180 Å². The zero-order valence-corrected chi connectivity index (χ0v) is 17.3. The molecule has 0 aromatic heterocycles. The molecular formula is C24H21O6P. The fourth-order valence-electron chi connectivity index (χ4n) is 2.38. The molecule has 0 aliphatic heterocycles. The molecule has 2 N–H and O–H groups in total. The monoisotopic (exact) mass is 436 g/mol. The van der Waals surface area contributed by atoms with Gasteiger partial charge in [-0.1, -0.05) is 60.7 Å². The lowest BCUT2D eigenvalue weighted by molar-refractivity contribution is 0.298. The van der Waals surface area contributed by atoms with Crippen LogP contribution in [-0.4, -0.2) is 10.2 Å². The lowest BCUT2D eigenvalue weighted by Crippen LogP contribution is -2.07. The molecule has 4 aromatic rings. The fourth-order valence-corrected chi connectivity index (χ4v) is 3.63. The van der Waals surface area contributed by atoms with Gasteiger partial charge in [0.05, 0.1) is 0 Å². The highest BCUT2D eigenvalue weighted by molar-refractivity contribution is 7.49. The van der Waals surface area contributed by atoms with Crippen molar-refractivity contribution >= 4 is 7.82 Å². The average molecular weight is 436 g/mol. The summed E-state index contributed by atoms with van der Waals surface area (Å²) in [7, 11) is -3.89. The van der Waals surface area contributed by atoms with E-state index in [0.29, 0.717) is 17.2 Å². The summed E-state index contributed by atoms with van der Waals surface area (Å²) in [5, 5.41) is 17.3. The minimum absolute atomic E-state index is 0.0880. The first-order valence-electron chi connectivity index (χ1n) is 9.34. The molecule has 0 spiro atoms. The van der Waals surface area contributed by atoms with E-state index in [0.717, 1.165) is 0 Å². The number of phosphoric acid groups is 1. The maximum atomic E-state index is 13.1. The number of phenolic OH excluding ortho intramolecular Hbond substituents is 2. The van der Waals surface area contributed by atoms with E-state index in [1.165, 1.54) is 18.2 Å². The van der Waals surface area contributed by atoms with Crippen molar-refractivity contribution in [3.63, 3.8) is 0 Å². The van der Waals surface area contributed by atoms with Crippen molar-refractivity contribution in [1.29, 1.82) is 0 Å². The zero-order chi connectivity index (χ0) is 21.9. The Morgan fingerprint density at radius 2 is 0.806 bits per heavy atom. The number of benzene rings is 4. The third-order valence-electron chi connectivity index (χ3n) is 3.71. The molecule has 0 aliphatic rings. The number of rotatable bonds is 6. The molecule has 0 fully saturated rings. The van der Waals surface area contributed by atoms with Crippen molar-refractivity contribution in [3.05, 3.63) is 115 Å². The van der Waals surface area contributed by atoms with Crippen LogP contribution < -0.4 is 13.6 Å². The Bertz CT molecular complexity index is 979. The Morgan fingerprint density at radius 1 is 0.484 bits per heavy atom. The van der Waals surface area contributed by atoms with Crippen LogP contribution in [0.25, 0.3) is 0 Å². The quantitative estimate of drug-likeness (QED) is 0.339. The maximum absolute atomic E-state index is 13.1. The molecule has 7 heteroatoms. The van der Waals surface area contributed by atoms with E-state index in [4.69, 9.17) is 23.8 Å². The third kappa shape index (κ3) is 7.46. The number of hydrogen-bond donors (Lipinski definition) is 2. The zero-order valence-electron chi connectivity index (χ0n) is 16.4. The topological polar surface area (TPSA) is 85.2 Å². The fraction of sp³-hybridized carbons (Fsp3) is 0. The van der Waals surface area contributed by atoms with Crippen molar-refractivity contribution < 1.29 is 28.3 Å². The van der Waals surface area contributed by atoms with Gasteiger partial charge in [0.2, 0.25) is 0 Å². The van der Waals surface area contributed by atoms with Crippen LogP contribution in [0, 0.1) is 0 Å². The Kier molecular flexibility index (Phi) is 7.57. The van der Waals surface area contributed by atoms with Crippen LogP contribution in [-0.2, 0) is 4.57 Å². The highest BCUT2D eigenvalue weighted by atomic mass is 31.2. The van der Waals surface area contributed by atoms with Crippen LogP contribution in [0.1, 0.15) is 0 Å². The molecule has 0 amide bonds. The number of para-hydroxylation sites is 3. The molecule has 4 rings (SSSR count). The summed E-state index contributed by atoms with van der Waals surface area (Å²) in [5.74, 6) is 1.39. The van der Waals surface area contributed by atoms with E-state index >= 15 is 0 Å². The van der Waals surface area contributed by atoms with Crippen LogP contribution in [0.15, 0.2) is 115 Å². The highest BCUT2D eigenvalue weighted by Crippen LogP contribution is 2.49. The van der Waals surface area contributed by atoms with E-state index in [2.05, 4.69) is 0 Å². The van der Waals surface area contributed by atoms with Gasteiger partial charge in [0.25, 0.3) is 0 Å². The molecule has 158 valence electrons. The van der Waals surface area contributed by atoms with Crippen LogP contribution >= 0.6 is 7.82 Å². The molecule has 0 bridgehead atoms. The second kappa shape index (κ2) is 10.8. The van der Waals surface area contributed by atoms with Gasteiger partial charge in [-0.25, -0.2) is 0 Å². The summed E-state index contributed by atoms with van der Waals surface area (Å²) in [4.78, 5) is 0. The van der Waals surface area contributed by atoms with Gasteiger partial charge >= 0.3 is 7.82 Å². The number of phenols is 2. The standard InChI is InChI=1S/C18H15O4P.C6H6O2/c19-23(20-16-10-4-1-5-11-16,21-17-12-6-2-7-13-17)22-18-14-8-3-9-15-18;7-5-2-1-3-6(8)4-5/h1-15H;1-4,7-8H. The first-order valence-corrected chi connectivity index (χ1v) is 10.8. The van der Waals surface area contributed by atoms with Crippen molar-refractivity contribution in [2.75, 3.05) is 0 Å². The second-order valence-corrected chi connectivity index (χ2v) is 7.62. The Balaban J connectivity index is 0.000000287. The number of phosphoric ester groups is 1. The molecule has 0 heterocycles. The van der Waals surface area contributed by atoms with Gasteiger partial charge < -0.3 is 23.8 Å². The summed E-state index contributed by atoms with van der Waals surface area (Å²) in [6.45, 7) is 0. The molecule has 0 aliphatic carbocycles. The minimum atomic E-state index is -3.89. The second-order valence-electron chi connectivity index (χ2n) is 6.18. The van der Waals surface area contributed by atoms with Gasteiger partial charge in [-0.05, 0) is 48.5 Å². The van der Waals surface area contributed by atoms with Gasteiger partial charge in [-0.3, -0.25) is 0 Å². The minimum Gasteiger partial charge on any atom is -0.508 e. The van der Waals surface area contributed by atoms with Gasteiger partial charge in [0, 0.05) is 6.07 Å². The molecule has 6 nitrogen and oxygen atoms in total. The van der Waals surface area contributed by atoms with Gasteiger partial charge in [-0.2, -0.15) is 4.57 Å². The molecule has 4 aromatic carbocycles. The Hall–Kier alpha value is -3.89. The summed E-state index contributed by atoms with van der Waals surface area (Å²) >= 11 is 0. The van der Waals surface area contributed by atoms with E-state index in [1.807, 2.05) is 18.2 Å². The highest BCUT2D eigenvalue weighted by Gasteiger charge is 2.33. The lowest BCUT2D eigenvalue weighted by Gasteiger charge is -2.19. The van der Waals surface area contributed by atoms with Crippen LogP contribution in [0.4, 0.5) is 0 Å². The molecule has 0 radical (unpaired) electrons. The first-order chi connectivity index (χ1) is 15.0. The summed E-state index contributed by atoms with van der Waals surface area (Å²) in [6.07, 6.45) is 0. The molecular weight excluding hydrogens is 415 g/mol. The average Bonchev–Trinajstić information content (AvgIpc) is 2.76. The van der Waals surface area contributed by atoms with Crippen molar-refractivity contribution in [2.45, 2.75) is 0 Å². The summed E-state index contributed by atoms with van der Waals surface area (Å²) in [5.41, 5.74) is 0. The molecule has 0 unspecified atom stereocenters. The van der Waals surface area contributed by atoms with Gasteiger partial charge in [0.1, 0.15) is 28.7 Å². The van der Waals surface area contributed by atoms with Crippen LogP contribution in [0.5, 0.6) is 28.7 Å². The van der Waals surface area contributed by atoms with Crippen molar-refractivity contribution in [1.82, 2.24) is 0 Å². The SMILES string of the molecule is O=P(Oc1ccccc1)(Oc1ccccc1)Oc1ccccc1.Oc1cccc(O)c1. The number of hydrogen-bond acceptors (Lipinski definition) is 6. The van der Waals surface area contributed by atoms with Crippen LogP contribution in [0.2, 0.25) is 0 Å². The van der Waals surface area contributed by atoms with Gasteiger partial charge in [-0.15, -0.1) is 0 Å². The van der Waals surface area contributed by atoms with Crippen LogP contribution in [0.3, 0.4) is 0 Å². The summed E-state index contributed by atoms with van der Waals surface area (Å²) in [6, 6.07) is 32.2.